The van der Waals surface area contributed by atoms with Gasteiger partial charge in [-0.3, -0.25) is 4.72 Å². The van der Waals surface area contributed by atoms with E-state index in [1.165, 1.54) is 18.2 Å². The standard InChI is InChI=1S/C17H18N2O5S/c20-17(21)13-4-3-5-14(12-13)25(22,23)18-15-6-1-2-7-16(15)19-8-10-24-11-9-19/h1-7,12,18H,8-11H2,(H,20,21)/p-1. The summed E-state index contributed by atoms with van der Waals surface area (Å²) in [6.07, 6.45) is 0. The fourth-order valence-electron chi connectivity index (χ4n) is 2.63. The Bertz CT molecular complexity index is 876. The predicted octanol–water partition coefficient (Wildman–Crippen LogP) is 0.687. The highest BCUT2D eigenvalue weighted by atomic mass is 32.2. The quantitative estimate of drug-likeness (QED) is 0.841. The first-order chi connectivity index (χ1) is 12.0. The molecule has 2 aromatic rings. The molecule has 1 aliphatic rings. The molecule has 3 rings (SSSR count). The third-order valence-corrected chi connectivity index (χ3v) is 5.24. The van der Waals surface area contributed by atoms with Crippen LogP contribution in [0, 0.1) is 0 Å². The van der Waals surface area contributed by atoms with E-state index in [4.69, 9.17) is 4.74 Å². The number of carboxylic acids is 1. The fraction of sp³-hybridized carbons (Fsp3) is 0.235. The Kier molecular flexibility index (Phi) is 4.91. The first-order valence-electron chi connectivity index (χ1n) is 7.73. The minimum absolute atomic E-state index is 0.133. The number of nitrogens with one attached hydrogen (secondary N) is 1. The number of morpholine rings is 1. The molecule has 1 aliphatic heterocycles. The van der Waals surface area contributed by atoms with Crippen molar-refractivity contribution in [1.29, 1.82) is 0 Å². The summed E-state index contributed by atoms with van der Waals surface area (Å²) in [5.74, 6) is -1.43. The summed E-state index contributed by atoms with van der Waals surface area (Å²) >= 11 is 0. The van der Waals surface area contributed by atoms with Gasteiger partial charge in [0, 0.05) is 13.1 Å². The maximum Gasteiger partial charge on any atom is 0.261 e. The zero-order valence-corrected chi connectivity index (χ0v) is 14.2. The highest BCUT2D eigenvalue weighted by Gasteiger charge is 2.20. The summed E-state index contributed by atoms with van der Waals surface area (Å²) in [4.78, 5) is 12.9. The van der Waals surface area contributed by atoms with Gasteiger partial charge in [0.25, 0.3) is 10.0 Å². The van der Waals surface area contributed by atoms with Gasteiger partial charge in [-0.1, -0.05) is 24.3 Å². The Balaban J connectivity index is 1.91. The maximum atomic E-state index is 12.6. The summed E-state index contributed by atoms with van der Waals surface area (Å²) in [7, 11) is -3.93. The number of benzene rings is 2. The zero-order valence-electron chi connectivity index (χ0n) is 13.3. The van der Waals surface area contributed by atoms with Crippen LogP contribution in [0.2, 0.25) is 0 Å². The van der Waals surface area contributed by atoms with Crippen LogP contribution < -0.4 is 14.7 Å². The van der Waals surface area contributed by atoms with E-state index in [9.17, 15) is 18.3 Å². The molecule has 0 aromatic heterocycles. The molecule has 0 unspecified atom stereocenters. The van der Waals surface area contributed by atoms with Gasteiger partial charge in [0.05, 0.1) is 35.5 Å². The number of nitrogens with zero attached hydrogens (tertiary/aromatic N) is 1. The lowest BCUT2D eigenvalue weighted by molar-refractivity contribution is -0.255. The molecule has 1 heterocycles. The molecule has 0 spiro atoms. The zero-order chi connectivity index (χ0) is 17.9. The second kappa shape index (κ2) is 7.12. The molecule has 25 heavy (non-hydrogen) atoms. The average Bonchev–Trinajstić information content (AvgIpc) is 2.63. The van der Waals surface area contributed by atoms with E-state index in [1.54, 1.807) is 12.1 Å². The Labute approximate surface area is 145 Å². The van der Waals surface area contributed by atoms with Crippen molar-refractivity contribution < 1.29 is 23.1 Å². The molecule has 0 bridgehead atoms. The van der Waals surface area contributed by atoms with E-state index in [0.29, 0.717) is 32.0 Å². The van der Waals surface area contributed by atoms with Gasteiger partial charge in [-0.05, 0) is 29.8 Å². The van der Waals surface area contributed by atoms with Crippen LogP contribution in [0.1, 0.15) is 10.4 Å². The van der Waals surface area contributed by atoms with E-state index in [1.807, 2.05) is 17.0 Å². The number of carbonyl (C=O) groups excluding carboxylic acids is 1. The van der Waals surface area contributed by atoms with Gasteiger partial charge in [-0.2, -0.15) is 0 Å². The summed E-state index contributed by atoms with van der Waals surface area (Å²) in [5.41, 5.74) is 0.998. The average molecular weight is 361 g/mol. The van der Waals surface area contributed by atoms with E-state index < -0.39 is 16.0 Å². The minimum Gasteiger partial charge on any atom is -0.545 e. The highest BCUT2D eigenvalue weighted by Crippen LogP contribution is 2.28. The van der Waals surface area contributed by atoms with E-state index in [2.05, 4.69) is 4.72 Å². The van der Waals surface area contributed by atoms with E-state index in [-0.39, 0.29) is 10.5 Å². The monoisotopic (exact) mass is 361 g/mol. The fourth-order valence-corrected chi connectivity index (χ4v) is 3.75. The number of carboxylic acid groups (broad SMARTS) is 1. The number of ether oxygens (including phenoxy) is 1. The third kappa shape index (κ3) is 3.92. The topological polar surface area (TPSA) is 98.8 Å². The molecule has 0 saturated carbocycles. The van der Waals surface area contributed by atoms with Crippen molar-refractivity contribution in [2.45, 2.75) is 4.90 Å². The summed E-state index contributed by atoms with van der Waals surface area (Å²) in [5, 5.41) is 11.0. The largest absolute Gasteiger partial charge is 0.545 e. The summed E-state index contributed by atoms with van der Waals surface area (Å²) in [6.45, 7) is 2.49. The number of aromatic carboxylic acids is 1. The first kappa shape index (κ1) is 17.2. The number of para-hydroxylation sites is 2. The third-order valence-electron chi connectivity index (χ3n) is 3.88. The van der Waals surface area contributed by atoms with Gasteiger partial charge >= 0.3 is 0 Å². The molecule has 0 radical (unpaired) electrons. The molecule has 0 amide bonds. The van der Waals surface area contributed by atoms with E-state index in [0.717, 1.165) is 11.8 Å². The second-order valence-corrected chi connectivity index (χ2v) is 7.22. The van der Waals surface area contributed by atoms with Crippen LogP contribution in [-0.4, -0.2) is 40.7 Å². The normalized spacial score (nSPS) is 15.0. The lowest BCUT2D eigenvalue weighted by atomic mass is 10.2. The number of sulfonamides is 1. The van der Waals surface area contributed by atoms with Gasteiger partial charge in [0.15, 0.2) is 0 Å². The molecule has 7 nitrogen and oxygen atoms in total. The number of anilines is 2. The lowest BCUT2D eigenvalue weighted by Crippen LogP contribution is -2.36. The van der Waals surface area contributed by atoms with E-state index >= 15 is 0 Å². The molecular formula is C17H17N2O5S-. The molecular weight excluding hydrogens is 344 g/mol. The molecule has 8 heteroatoms. The van der Waals surface area contributed by atoms with Crippen molar-refractivity contribution in [3.05, 3.63) is 54.1 Å². The van der Waals surface area contributed by atoms with Gasteiger partial charge in [0.1, 0.15) is 0 Å². The maximum absolute atomic E-state index is 12.6. The molecule has 0 aliphatic carbocycles. The molecule has 1 N–H and O–H groups in total. The molecule has 1 fully saturated rings. The van der Waals surface area contributed by atoms with Gasteiger partial charge < -0.3 is 19.5 Å². The summed E-state index contributed by atoms with van der Waals surface area (Å²) in [6, 6.07) is 12.1. The smallest absolute Gasteiger partial charge is 0.261 e. The highest BCUT2D eigenvalue weighted by molar-refractivity contribution is 7.92. The Morgan fingerprint density at radius 3 is 2.52 bits per heavy atom. The van der Waals surface area contributed by atoms with Crippen LogP contribution in [0.4, 0.5) is 11.4 Å². The van der Waals surface area contributed by atoms with Gasteiger partial charge in [0.2, 0.25) is 0 Å². The van der Waals surface area contributed by atoms with Gasteiger partial charge in [-0.25, -0.2) is 8.42 Å². The second-order valence-electron chi connectivity index (χ2n) is 5.54. The minimum atomic E-state index is -3.93. The van der Waals surface area contributed by atoms with Crippen LogP contribution >= 0.6 is 0 Å². The number of rotatable bonds is 5. The van der Waals surface area contributed by atoms with Crippen molar-refractivity contribution in [1.82, 2.24) is 0 Å². The van der Waals surface area contributed by atoms with Crippen molar-refractivity contribution in [2.75, 3.05) is 35.9 Å². The number of hydrogen-bond donors (Lipinski definition) is 1. The van der Waals surface area contributed by atoms with Crippen LogP contribution in [0.3, 0.4) is 0 Å². The Morgan fingerprint density at radius 2 is 1.80 bits per heavy atom. The van der Waals surface area contributed by atoms with Gasteiger partial charge in [-0.15, -0.1) is 0 Å². The SMILES string of the molecule is O=C([O-])c1cccc(S(=O)(=O)Nc2ccccc2N2CCOCC2)c1. The predicted molar refractivity (Wildman–Crippen MR) is 91.1 cm³/mol. The molecule has 2 aromatic carbocycles. The van der Waals surface area contributed by atoms with Crippen molar-refractivity contribution in [3.63, 3.8) is 0 Å². The van der Waals surface area contributed by atoms with Crippen molar-refractivity contribution in [2.24, 2.45) is 0 Å². The Morgan fingerprint density at radius 1 is 1.08 bits per heavy atom. The van der Waals surface area contributed by atoms with Crippen LogP contribution in [0.5, 0.6) is 0 Å². The number of hydrogen-bond acceptors (Lipinski definition) is 6. The number of carbonyl (C=O) groups is 1. The Hall–Kier alpha value is -2.58. The molecule has 0 atom stereocenters. The molecule has 132 valence electrons. The van der Waals surface area contributed by atoms with Crippen LogP contribution in [0.15, 0.2) is 53.4 Å². The van der Waals surface area contributed by atoms with Crippen LogP contribution in [-0.2, 0) is 14.8 Å². The lowest BCUT2D eigenvalue weighted by Gasteiger charge is -2.30. The molecule has 1 saturated heterocycles. The van der Waals surface area contributed by atoms with Crippen LogP contribution in [0.25, 0.3) is 0 Å². The summed E-state index contributed by atoms with van der Waals surface area (Å²) < 4.78 is 33.2. The van der Waals surface area contributed by atoms with Crippen molar-refractivity contribution >= 4 is 27.4 Å². The van der Waals surface area contributed by atoms with Crippen molar-refractivity contribution in [3.8, 4) is 0 Å². The first-order valence-corrected chi connectivity index (χ1v) is 9.22.